The van der Waals surface area contributed by atoms with E-state index in [1.807, 2.05) is 30.3 Å². The van der Waals surface area contributed by atoms with Crippen LogP contribution in [0, 0.1) is 17.2 Å². The van der Waals surface area contributed by atoms with E-state index in [1.54, 1.807) is 20.3 Å². The summed E-state index contributed by atoms with van der Waals surface area (Å²) in [6.45, 7) is 5.97. The molecule has 0 heterocycles. The summed E-state index contributed by atoms with van der Waals surface area (Å²) in [5.41, 5.74) is 3.03. The lowest BCUT2D eigenvalue weighted by Gasteiger charge is -2.33. The van der Waals surface area contributed by atoms with Gasteiger partial charge in [-0.2, -0.15) is 5.26 Å². The third-order valence-electron chi connectivity index (χ3n) is 6.62. The first-order valence-electron chi connectivity index (χ1n) is 11.8. The van der Waals surface area contributed by atoms with E-state index in [1.165, 1.54) is 7.11 Å². The van der Waals surface area contributed by atoms with E-state index < -0.39 is 5.41 Å². The lowest BCUT2D eigenvalue weighted by Crippen LogP contribution is -2.32. The second kappa shape index (κ2) is 13.8. The van der Waals surface area contributed by atoms with Gasteiger partial charge in [0.25, 0.3) is 0 Å². The summed E-state index contributed by atoms with van der Waals surface area (Å²) < 4.78 is 15.7. The van der Waals surface area contributed by atoms with Crippen molar-refractivity contribution >= 4 is 28.6 Å². The van der Waals surface area contributed by atoms with Crippen LogP contribution in [0.2, 0.25) is 0 Å². The third kappa shape index (κ3) is 7.42. The number of halogens is 1. The van der Waals surface area contributed by atoms with Gasteiger partial charge in [0.1, 0.15) is 9.86 Å². The van der Waals surface area contributed by atoms with Crippen LogP contribution >= 0.6 is 22.6 Å². The van der Waals surface area contributed by atoms with Gasteiger partial charge in [0.05, 0.1) is 31.3 Å². The van der Waals surface area contributed by atoms with Crippen molar-refractivity contribution in [2.45, 2.75) is 42.6 Å². The van der Waals surface area contributed by atoms with Crippen molar-refractivity contribution in [3.63, 3.8) is 0 Å². The van der Waals surface area contributed by atoms with Crippen molar-refractivity contribution in [3.8, 4) is 11.8 Å². The molecule has 0 radical (unpaired) electrons. The first kappa shape index (κ1) is 29.1. The Morgan fingerprint density at radius 3 is 2.49 bits per heavy atom. The second-order valence-electron chi connectivity index (χ2n) is 9.10. The number of esters is 1. The summed E-state index contributed by atoms with van der Waals surface area (Å²) in [5, 5.41) is 10.4. The maximum absolute atomic E-state index is 11.8. The van der Waals surface area contributed by atoms with Crippen LogP contribution in [0.1, 0.15) is 57.8 Å². The Labute approximate surface area is 223 Å². The molecule has 0 spiro atoms. The van der Waals surface area contributed by atoms with Crippen molar-refractivity contribution in [2.24, 2.45) is 5.92 Å². The molecule has 35 heavy (non-hydrogen) atoms. The summed E-state index contributed by atoms with van der Waals surface area (Å²) in [6, 6.07) is 16.3. The Balaban J connectivity index is 2.08. The fourth-order valence-corrected chi connectivity index (χ4v) is 4.85. The molecule has 0 aliphatic rings. The van der Waals surface area contributed by atoms with E-state index in [-0.39, 0.29) is 16.0 Å². The molecule has 0 saturated carbocycles. The summed E-state index contributed by atoms with van der Waals surface area (Å²) in [6.07, 6.45) is 2.49. The molecular formula is C28H37IN2O4. The number of ether oxygens (including phenoxy) is 3. The number of nitriles is 1. The van der Waals surface area contributed by atoms with Gasteiger partial charge in [0.2, 0.25) is 0 Å². The van der Waals surface area contributed by atoms with E-state index in [0.29, 0.717) is 5.56 Å². The Bertz CT molecular complexity index is 1020. The number of hydrogen-bond acceptors (Lipinski definition) is 6. The summed E-state index contributed by atoms with van der Waals surface area (Å²) in [7, 11) is 6.81. The predicted octanol–water partition coefficient (Wildman–Crippen LogP) is 5.93. The number of hydrogen-bond donors (Lipinski definition) is 0. The van der Waals surface area contributed by atoms with Gasteiger partial charge >= 0.3 is 5.97 Å². The fourth-order valence-electron chi connectivity index (χ4n) is 4.36. The van der Waals surface area contributed by atoms with E-state index in [0.717, 1.165) is 54.8 Å². The van der Waals surface area contributed by atoms with Crippen LogP contribution in [0.4, 0.5) is 0 Å². The zero-order chi connectivity index (χ0) is 26.0. The Hall–Kier alpha value is -2.15. The number of alkyl halides is 1. The van der Waals surface area contributed by atoms with E-state index in [2.05, 4.69) is 60.5 Å². The van der Waals surface area contributed by atoms with Gasteiger partial charge in [-0.05, 0) is 96.8 Å². The molecule has 0 aliphatic heterocycles. The number of carbonyl (C=O) groups excluding carboxylic acids is 1. The SMILES string of the molecule is COC(=O)c1cccc(CCN(C)CCCC(C#N)(c2ccc(OC)c(C(I)OC)c2)C(C)C)c1. The highest BCUT2D eigenvalue weighted by Gasteiger charge is 2.36. The molecule has 190 valence electrons. The zero-order valence-corrected chi connectivity index (χ0v) is 23.8. The highest BCUT2D eigenvalue weighted by atomic mass is 127. The average Bonchev–Trinajstić information content (AvgIpc) is 2.88. The van der Waals surface area contributed by atoms with Crippen LogP contribution < -0.4 is 4.74 Å². The van der Waals surface area contributed by atoms with Crippen LogP contribution in [-0.4, -0.2) is 52.3 Å². The van der Waals surface area contributed by atoms with E-state index in [4.69, 9.17) is 14.2 Å². The molecule has 0 fully saturated rings. The van der Waals surface area contributed by atoms with Gasteiger partial charge < -0.3 is 19.1 Å². The Morgan fingerprint density at radius 2 is 1.89 bits per heavy atom. The minimum Gasteiger partial charge on any atom is -0.496 e. The lowest BCUT2D eigenvalue weighted by atomic mass is 9.69. The minimum atomic E-state index is -0.596. The first-order chi connectivity index (χ1) is 16.7. The summed E-state index contributed by atoms with van der Waals surface area (Å²) in [5.74, 6) is 0.597. The quantitative estimate of drug-likeness (QED) is 0.163. The smallest absolute Gasteiger partial charge is 0.337 e. The highest BCUT2D eigenvalue weighted by Crippen LogP contribution is 2.41. The van der Waals surface area contributed by atoms with Crippen LogP contribution in [0.25, 0.3) is 0 Å². The number of likely N-dealkylation sites (N-methyl/N-ethyl adjacent to an activating group) is 1. The molecule has 0 aromatic heterocycles. The van der Waals surface area contributed by atoms with Crippen LogP contribution in [0.15, 0.2) is 42.5 Å². The first-order valence-corrected chi connectivity index (χ1v) is 13.1. The normalized spacial score (nSPS) is 13.8. The molecule has 2 rings (SSSR count). The minimum absolute atomic E-state index is 0.148. The molecule has 0 amide bonds. The zero-order valence-electron chi connectivity index (χ0n) is 21.6. The van der Waals surface area contributed by atoms with Crippen molar-refractivity contribution in [3.05, 3.63) is 64.7 Å². The monoisotopic (exact) mass is 592 g/mol. The second-order valence-corrected chi connectivity index (χ2v) is 10.2. The number of nitrogens with zero attached hydrogens (tertiary/aromatic N) is 2. The molecule has 7 heteroatoms. The van der Waals surface area contributed by atoms with Gasteiger partial charge in [0, 0.05) is 19.2 Å². The molecule has 6 nitrogen and oxygen atoms in total. The Morgan fingerprint density at radius 1 is 1.14 bits per heavy atom. The molecular weight excluding hydrogens is 555 g/mol. The molecule has 2 atom stereocenters. The summed E-state index contributed by atoms with van der Waals surface area (Å²) in [4.78, 5) is 14.1. The Kier molecular flexibility index (Phi) is 11.5. The largest absolute Gasteiger partial charge is 0.496 e. The van der Waals surface area contributed by atoms with E-state index in [9.17, 15) is 10.1 Å². The number of methoxy groups -OCH3 is 3. The lowest BCUT2D eigenvalue weighted by molar-refractivity contribution is 0.0600. The highest BCUT2D eigenvalue weighted by molar-refractivity contribution is 14.1. The molecule has 0 aliphatic carbocycles. The van der Waals surface area contributed by atoms with Crippen molar-refractivity contribution in [2.75, 3.05) is 41.5 Å². The third-order valence-corrected chi connectivity index (χ3v) is 7.80. The van der Waals surface area contributed by atoms with Crippen molar-refractivity contribution in [1.29, 1.82) is 5.26 Å². The van der Waals surface area contributed by atoms with Gasteiger partial charge in [0.15, 0.2) is 0 Å². The van der Waals surface area contributed by atoms with Crippen LogP contribution in [-0.2, 0) is 21.3 Å². The van der Waals surface area contributed by atoms with Gasteiger partial charge in [-0.15, -0.1) is 0 Å². The van der Waals surface area contributed by atoms with Crippen molar-refractivity contribution in [1.82, 2.24) is 4.90 Å². The van der Waals surface area contributed by atoms with Gasteiger partial charge in [-0.1, -0.05) is 32.0 Å². The molecule has 0 bridgehead atoms. The number of benzene rings is 2. The number of carbonyl (C=O) groups is 1. The average molecular weight is 593 g/mol. The topological polar surface area (TPSA) is 71.8 Å². The van der Waals surface area contributed by atoms with Crippen molar-refractivity contribution < 1.29 is 19.0 Å². The number of rotatable bonds is 13. The van der Waals surface area contributed by atoms with Gasteiger partial charge in [-0.3, -0.25) is 0 Å². The molecule has 2 unspecified atom stereocenters. The summed E-state index contributed by atoms with van der Waals surface area (Å²) >= 11 is 2.24. The van der Waals surface area contributed by atoms with E-state index >= 15 is 0 Å². The molecule has 0 N–H and O–H groups in total. The van der Waals surface area contributed by atoms with Crippen LogP contribution in [0.3, 0.4) is 0 Å². The predicted molar refractivity (Wildman–Crippen MR) is 147 cm³/mol. The standard InChI is InChI=1S/C28H37IN2O4/c1-20(2)28(19-30,23-11-12-25(33-4)24(18-23)26(29)34-5)14-8-15-31(3)16-13-21-9-7-10-22(17-21)27(32)35-6/h7,9-12,17-18,20,26H,8,13-16H2,1-6H3. The molecule has 2 aromatic carbocycles. The molecule has 0 saturated heterocycles. The maximum atomic E-state index is 11.8. The molecule has 2 aromatic rings. The fraction of sp³-hybridized carbons (Fsp3) is 0.500. The van der Waals surface area contributed by atoms with Crippen LogP contribution in [0.5, 0.6) is 5.75 Å². The van der Waals surface area contributed by atoms with Gasteiger partial charge in [-0.25, -0.2) is 4.79 Å². The maximum Gasteiger partial charge on any atom is 0.337 e.